The van der Waals surface area contributed by atoms with Crippen LogP contribution in [-0.4, -0.2) is 38.0 Å². The van der Waals surface area contributed by atoms with E-state index in [9.17, 15) is 0 Å². The predicted octanol–water partition coefficient (Wildman–Crippen LogP) is 5.20. The van der Waals surface area contributed by atoms with Crippen molar-refractivity contribution in [3.8, 4) is 5.75 Å². The molecule has 0 saturated carbocycles. The number of ether oxygens (including phenoxy) is 3. The summed E-state index contributed by atoms with van der Waals surface area (Å²) in [4.78, 5) is 0. The average molecular weight is 397 g/mol. The van der Waals surface area contributed by atoms with Crippen LogP contribution in [0.15, 0.2) is 42.2 Å². The molecule has 0 bridgehead atoms. The number of hydrogen-bond donors (Lipinski definition) is 0. The minimum absolute atomic E-state index is 0.441. The predicted molar refractivity (Wildman–Crippen MR) is 111 cm³/mol. The Labute approximate surface area is 159 Å². The van der Waals surface area contributed by atoms with Gasteiger partial charge >= 0.3 is 0 Å². The molecule has 146 valence electrons. The van der Waals surface area contributed by atoms with Gasteiger partial charge in [0.25, 0.3) is 5.95 Å². The summed E-state index contributed by atoms with van der Waals surface area (Å²) in [5.41, 5.74) is 1.64. The van der Waals surface area contributed by atoms with Gasteiger partial charge in [-0.3, -0.25) is 0 Å². The van der Waals surface area contributed by atoms with Gasteiger partial charge in [0, 0.05) is 0 Å². The third kappa shape index (κ3) is 7.17. The molecule has 0 aliphatic carbocycles. The van der Waals surface area contributed by atoms with Crippen molar-refractivity contribution in [1.29, 1.82) is 0 Å². The molecule has 0 aliphatic rings. The van der Waals surface area contributed by atoms with Gasteiger partial charge in [-0.1, -0.05) is 12.1 Å². The molecule has 0 fully saturated rings. The van der Waals surface area contributed by atoms with E-state index in [1.807, 2.05) is 24.3 Å². The van der Waals surface area contributed by atoms with Crippen LogP contribution in [0.5, 0.6) is 5.75 Å². The maximum absolute atomic E-state index is 6.29. The number of hydrogen-bond acceptors (Lipinski definition) is 5. The second kappa shape index (κ2) is 9.18. The molecular formula is C19H32O5Si2. The highest BCUT2D eigenvalue weighted by molar-refractivity contribution is 6.70. The van der Waals surface area contributed by atoms with Gasteiger partial charge in [0.15, 0.2) is 5.76 Å². The van der Waals surface area contributed by atoms with Crippen LogP contribution >= 0.6 is 0 Å². The third-order valence-corrected chi connectivity index (χ3v) is 4.68. The molecule has 1 rings (SSSR count). The standard InChI is InChI=1S/C19H32O5Si2/c1-20-14-17(23-25(4,5)6)18(19(22-3)24-26(7,8)9)15-10-12-16(21-2)13-11-15/h10-14H,1-9H3/b17-14-,19-18+. The monoisotopic (exact) mass is 396 g/mol. The number of methoxy groups -OCH3 is 3. The van der Waals surface area contributed by atoms with Crippen LogP contribution in [0.2, 0.25) is 39.3 Å². The molecule has 0 aromatic heterocycles. The summed E-state index contributed by atoms with van der Waals surface area (Å²) in [7, 11) is 1.06. The Morgan fingerprint density at radius 1 is 0.808 bits per heavy atom. The van der Waals surface area contributed by atoms with Crippen molar-refractivity contribution >= 4 is 22.2 Å². The zero-order valence-electron chi connectivity index (χ0n) is 17.4. The fraction of sp³-hybridized carbons (Fsp3) is 0.474. The molecule has 5 nitrogen and oxygen atoms in total. The van der Waals surface area contributed by atoms with Crippen LogP contribution in [0.3, 0.4) is 0 Å². The molecule has 0 atom stereocenters. The lowest BCUT2D eigenvalue weighted by molar-refractivity contribution is 0.148. The van der Waals surface area contributed by atoms with Crippen LogP contribution in [0.4, 0.5) is 0 Å². The summed E-state index contributed by atoms with van der Waals surface area (Å²) in [6.07, 6.45) is 1.60. The maximum Gasteiger partial charge on any atom is 0.277 e. The first-order valence-corrected chi connectivity index (χ1v) is 15.4. The van der Waals surface area contributed by atoms with Crippen LogP contribution < -0.4 is 4.74 Å². The van der Waals surface area contributed by atoms with Crippen molar-refractivity contribution in [2.45, 2.75) is 39.3 Å². The number of benzene rings is 1. The molecule has 0 spiro atoms. The van der Waals surface area contributed by atoms with E-state index < -0.39 is 16.6 Å². The van der Waals surface area contributed by atoms with Crippen molar-refractivity contribution in [3.63, 3.8) is 0 Å². The van der Waals surface area contributed by atoms with Gasteiger partial charge < -0.3 is 23.1 Å². The Hall–Kier alpha value is -1.87. The van der Waals surface area contributed by atoms with Crippen molar-refractivity contribution in [2.75, 3.05) is 21.3 Å². The van der Waals surface area contributed by atoms with Crippen LogP contribution in [0.1, 0.15) is 5.56 Å². The summed E-state index contributed by atoms with van der Waals surface area (Å²) in [5.74, 6) is 1.82. The van der Waals surface area contributed by atoms with E-state index in [2.05, 4.69) is 39.3 Å². The Morgan fingerprint density at radius 3 is 1.73 bits per heavy atom. The second-order valence-electron chi connectivity index (χ2n) is 7.74. The molecule has 0 amide bonds. The minimum Gasteiger partial charge on any atom is -0.542 e. The molecule has 0 aliphatic heterocycles. The average Bonchev–Trinajstić information content (AvgIpc) is 2.52. The molecule has 26 heavy (non-hydrogen) atoms. The van der Waals surface area contributed by atoms with E-state index in [0.717, 1.165) is 16.9 Å². The van der Waals surface area contributed by atoms with Crippen LogP contribution in [0, 0.1) is 0 Å². The molecule has 7 heteroatoms. The smallest absolute Gasteiger partial charge is 0.277 e. The van der Waals surface area contributed by atoms with E-state index in [0.29, 0.717) is 11.7 Å². The van der Waals surface area contributed by atoms with Crippen molar-refractivity contribution in [3.05, 3.63) is 47.8 Å². The maximum atomic E-state index is 6.29. The second-order valence-corrected chi connectivity index (χ2v) is 16.6. The fourth-order valence-corrected chi connectivity index (χ4v) is 3.71. The lowest BCUT2D eigenvalue weighted by atomic mass is 10.1. The van der Waals surface area contributed by atoms with Crippen LogP contribution in [-0.2, 0) is 18.3 Å². The minimum atomic E-state index is -1.90. The first kappa shape index (κ1) is 22.2. The summed E-state index contributed by atoms with van der Waals surface area (Å²) in [5, 5.41) is 0. The van der Waals surface area contributed by atoms with Gasteiger partial charge in [0.2, 0.25) is 16.6 Å². The van der Waals surface area contributed by atoms with Gasteiger partial charge in [-0.05, 0) is 57.0 Å². The molecule has 1 aromatic carbocycles. The van der Waals surface area contributed by atoms with Gasteiger partial charge in [-0.2, -0.15) is 0 Å². The Morgan fingerprint density at radius 2 is 1.35 bits per heavy atom. The van der Waals surface area contributed by atoms with Gasteiger partial charge in [-0.15, -0.1) is 0 Å². The molecule has 0 heterocycles. The zero-order chi connectivity index (χ0) is 20.0. The van der Waals surface area contributed by atoms with E-state index in [1.54, 1.807) is 27.6 Å². The highest BCUT2D eigenvalue weighted by atomic mass is 28.4. The largest absolute Gasteiger partial charge is 0.542 e. The third-order valence-electron chi connectivity index (χ3n) is 3.05. The number of rotatable bonds is 9. The molecule has 0 saturated heterocycles. The van der Waals surface area contributed by atoms with Crippen molar-refractivity contribution < 1.29 is 23.1 Å². The summed E-state index contributed by atoms with van der Waals surface area (Å²) in [6.45, 7) is 12.7. The lowest BCUT2D eigenvalue weighted by Gasteiger charge is -2.27. The van der Waals surface area contributed by atoms with E-state index in [-0.39, 0.29) is 0 Å². The first-order valence-electron chi connectivity index (χ1n) is 8.55. The van der Waals surface area contributed by atoms with Gasteiger partial charge in [-0.25, -0.2) is 0 Å². The van der Waals surface area contributed by atoms with Crippen LogP contribution in [0.25, 0.3) is 5.57 Å². The van der Waals surface area contributed by atoms with Gasteiger partial charge in [0.1, 0.15) is 17.6 Å². The topological polar surface area (TPSA) is 46.2 Å². The summed E-state index contributed by atoms with van der Waals surface area (Å²) < 4.78 is 28.7. The Balaban J connectivity index is 3.59. The van der Waals surface area contributed by atoms with Crippen molar-refractivity contribution in [2.24, 2.45) is 0 Å². The SMILES string of the molecule is CO/C=C(O[Si](C)(C)C)/C(=C(\OC)O[Si](C)(C)C)c1ccc(OC)cc1. The first-order chi connectivity index (χ1) is 12.0. The zero-order valence-corrected chi connectivity index (χ0v) is 19.4. The van der Waals surface area contributed by atoms with E-state index >= 15 is 0 Å². The fourth-order valence-electron chi connectivity index (χ4n) is 2.16. The van der Waals surface area contributed by atoms with E-state index in [4.69, 9.17) is 23.1 Å². The normalized spacial score (nSPS) is 13.7. The lowest BCUT2D eigenvalue weighted by Crippen LogP contribution is -2.28. The molecule has 0 N–H and O–H groups in total. The highest BCUT2D eigenvalue weighted by Gasteiger charge is 2.28. The molecule has 1 aromatic rings. The Bertz CT molecular complexity index is 637. The van der Waals surface area contributed by atoms with E-state index in [1.165, 1.54) is 0 Å². The summed E-state index contributed by atoms with van der Waals surface area (Å²) in [6, 6.07) is 7.71. The highest BCUT2D eigenvalue weighted by Crippen LogP contribution is 2.33. The quantitative estimate of drug-likeness (QED) is 0.326. The molecule has 0 radical (unpaired) electrons. The van der Waals surface area contributed by atoms with Gasteiger partial charge in [0.05, 0.1) is 21.3 Å². The van der Waals surface area contributed by atoms with Crippen molar-refractivity contribution in [1.82, 2.24) is 0 Å². The molecule has 0 unspecified atom stereocenters. The Kier molecular flexibility index (Phi) is 7.83. The summed E-state index contributed by atoms with van der Waals surface area (Å²) >= 11 is 0. The number of allylic oxidation sites excluding steroid dienone is 1. The molecular weight excluding hydrogens is 364 g/mol.